The summed E-state index contributed by atoms with van der Waals surface area (Å²) in [7, 11) is 0. The minimum absolute atomic E-state index is 0.00956. The number of benzene rings is 2. The van der Waals surface area contributed by atoms with Crippen LogP contribution < -0.4 is 10.3 Å². The van der Waals surface area contributed by atoms with Crippen molar-refractivity contribution < 1.29 is 9.66 Å². The van der Waals surface area contributed by atoms with Gasteiger partial charge in [0.2, 0.25) is 0 Å². The Balaban J connectivity index is 2.14. The Bertz CT molecular complexity index is 1230. The average molecular weight is 455 g/mol. The summed E-state index contributed by atoms with van der Waals surface area (Å²) >= 11 is 3.35. The number of rotatable bonds is 6. The molecule has 146 valence electrons. The summed E-state index contributed by atoms with van der Waals surface area (Å²) in [5.41, 5.74) is 0.400. The predicted molar refractivity (Wildman–Crippen MR) is 113 cm³/mol. The first kappa shape index (κ1) is 20.2. The second kappa shape index (κ2) is 8.67. The Morgan fingerprint density at radius 1 is 1.38 bits per heavy atom. The number of halogens is 1. The lowest BCUT2D eigenvalue weighted by Gasteiger charge is -2.09. The number of nitro groups is 1. The van der Waals surface area contributed by atoms with Gasteiger partial charge in [0, 0.05) is 28.6 Å². The van der Waals surface area contributed by atoms with E-state index in [0.29, 0.717) is 34.5 Å². The predicted octanol–water partition coefficient (Wildman–Crippen LogP) is 3.52. The van der Waals surface area contributed by atoms with Crippen molar-refractivity contribution in [3.8, 4) is 18.1 Å². The normalized spacial score (nSPS) is 10.9. The van der Waals surface area contributed by atoms with Gasteiger partial charge in [-0.1, -0.05) is 28.8 Å². The number of aromatic nitrogens is 2. The van der Waals surface area contributed by atoms with Crippen molar-refractivity contribution >= 4 is 38.7 Å². The van der Waals surface area contributed by atoms with E-state index in [4.69, 9.17) is 11.2 Å². The number of hydrogen-bond acceptors (Lipinski definition) is 6. The molecule has 0 bridgehead atoms. The van der Waals surface area contributed by atoms with Crippen molar-refractivity contribution in [1.29, 1.82) is 0 Å². The molecule has 9 heteroatoms. The summed E-state index contributed by atoms with van der Waals surface area (Å²) in [6, 6.07) is 9.28. The van der Waals surface area contributed by atoms with Crippen LogP contribution in [0.25, 0.3) is 10.9 Å². The maximum absolute atomic E-state index is 12.9. The van der Waals surface area contributed by atoms with Gasteiger partial charge in [0.15, 0.2) is 0 Å². The number of non-ortho nitro benzene ring substituents is 1. The molecule has 3 aromatic rings. The molecule has 0 atom stereocenters. The lowest BCUT2D eigenvalue weighted by molar-refractivity contribution is -0.384. The van der Waals surface area contributed by atoms with Gasteiger partial charge in [0.25, 0.3) is 11.2 Å². The molecule has 0 saturated heterocycles. The first-order valence-corrected chi connectivity index (χ1v) is 9.34. The summed E-state index contributed by atoms with van der Waals surface area (Å²) in [5, 5.41) is 15.7. The molecule has 29 heavy (non-hydrogen) atoms. The standard InChI is InChI=1S/C20H15BrN4O4/c1-3-9-29-18-8-6-15(25(27)28)10-13(18)12-22-24-19(4-2)23-17-7-5-14(21)11-16(17)20(24)26/h1,5-8,10-12H,4,9H2,2H3. The van der Waals surface area contributed by atoms with Crippen LogP contribution in [0.4, 0.5) is 5.69 Å². The Kier molecular flexibility index (Phi) is 6.04. The van der Waals surface area contributed by atoms with Gasteiger partial charge in [-0.3, -0.25) is 14.9 Å². The van der Waals surface area contributed by atoms with Crippen molar-refractivity contribution in [2.75, 3.05) is 6.61 Å². The van der Waals surface area contributed by atoms with Crippen molar-refractivity contribution in [1.82, 2.24) is 9.66 Å². The van der Waals surface area contributed by atoms with E-state index < -0.39 is 4.92 Å². The van der Waals surface area contributed by atoms with E-state index in [-0.39, 0.29) is 17.9 Å². The summed E-state index contributed by atoms with van der Waals surface area (Å²) in [5.74, 6) is 3.11. The second-order valence-corrected chi connectivity index (χ2v) is 6.79. The highest BCUT2D eigenvalue weighted by Crippen LogP contribution is 2.23. The number of nitro benzene ring substituents is 1. The van der Waals surface area contributed by atoms with Crippen LogP contribution in [0.5, 0.6) is 5.75 Å². The van der Waals surface area contributed by atoms with E-state index in [9.17, 15) is 14.9 Å². The zero-order chi connectivity index (χ0) is 21.0. The summed E-state index contributed by atoms with van der Waals surface area (Å²) in [6.45, 7) is 1.84. The average Bonchev–Trinajstić information content (AvgIpc) is 2.72. The van der Waals surface area contributed by atoms with Gasteiger partial charge in [-0.25, -0.2) is 4.98 Å². The molecule has 0 aliphatic heterocycles. The van der Waals surface area contributed by atoms with Crippen LogP contribution >= 0.6 is 15.9 Å². The molecule has 1 heterocycles. The number of fused-ring (bicyclic) bond motifs is 1. The highest BCUT2D eigenvalue weighted by atomic mass is 79.9. The molecule has 1 aromatic heterocycles. The topological polar surface area (TPSA) is 99.6 Å². The molecule has 3 rings (SSSR count). The van der Waals surface area contributed by atoms with Crippen LogP contribution in [0.15, 0.2) is 50.8 Å². The molecular weight excluding hydrogens is 440 g/mol. The van der Waals surface area contributed by atoms with E-state index in [1.807, 2.05) is 6.92 Å². The van der Waals surface area contributed by atoms with Crippen LogP contribution in [-0.4, -0.2) is 27.4 Å². The minimum atomic E-state index is -0.527. The third-order valence-electron chi connectivity index (χ3n) is 4.02. The third-order valence-corrected chi connectivity index (χ3v) is 4.51. The van der Waals surface area contributed by atoms with Gasteiger partial charge >= 0.3 is 0 Å². The van der Waals surface area contributed by atoms with Crippen molar-refractivity contribution in [2.24, 2.45) is 5.10 Å². The molecule has 0 aliphatic rings. The third kappa shape index (κ3) is 4.33. The Morgan fingerprint density at radius 3 is 2.86 bits per heavy atom. The highest BCUT2D eigenvalue weighted by molar-refractivity contribution is 9.10. The van der Waals surface area contributed by atoms with Crippen LogP contribution in [0.2, 0.25) is 0 Å². The van der Waals surface area contributed by atoms with Crippen molar-refractivity contribution in [3.63, 3.8) is 0 Å². The van der Waals surface area contributed by atoms with Gasteiger partial charge in [0.1, 0.15) is 18.2 Å². The Labute approximate surface area is 174 Å². The maximum Gasteiger partial charge on any atom is 0.282 e. The first-order valence-electron chi connectivity index (χ1n) is 8.54. The second-order valence-electron chi connectivity index (χ2n) is 5.88. The molecule has 0 amide bonds. The van der Waals surface area contributed by atoms with E-state index in [1.165, 1.54) is 29.1 Å². The number of ether oxygens (including phenoxy) is 1. The molecule has 2 aromatic carbocycles. The van der Waals surface area contributed by atoms with Gasteiger partial charge in [-0.2, -0.15) is 9.78 Å². The number of terminal acetylenes is 1. The van der Waals surface area contributed by atoms with Crippen LogP contribution in [0, 0.1) is 22.5 Å². The van der Waals surface area contributed by atoms with Crippen LogP contribution in [0.1, 0.15) is 18.3 Å². The fourth-order valence-corrected chi connectivity index (χ4v) is 3.02. The summed E-state index contributed by atoms with van der Waals surface area (Å²) < 4.78 is 7.35. The maximum atomic E-state index is 12.9. The van der Waals surface area contributed by atoms with E-state index in [2.05, 4.69) is 31.9 Å². The van der Waals surface area contributed by atoms with Crippen molar-refractivity contribution in [3.05, 3.63) is 72.7 Å². The number of hydrogen-bond donors (Lipinski definition) is 0. The molecular formula is C20H15BrN4O4. The lowest BCUT2D eigenvalue weighted by atomic mass is 10.2. The van der Waals surface area contributed by atoms with Gasteiger partial charge in [-0.15, -0.1) is 6.42 Å². The van der Waals surface area contributed by atoms with Gasteiger partial charge in [-0.05, 0) is 24.3 Å². The zero-order valence-corrected chi connectivity index (χ0v) is 16.9. The Hall–Kier alpha value is -3.51. The summed E-state index contributed by atoms with van der Waals surface area (Å²) in [6.07, 6.45) is 7.01. The molecule has 0 fully saturated rings. The quantitative estimate of drug-likeness (QED) is 0.245. The molecule has 0 aliphatic carbocycles. The van der Waals surface area contributed by atoms with E-state index in [1.54, 1.807) is 18.2 Å². The molecule has 0 saturated carbocycles. The number of nitrogens with zero attached hydrogens (tertiary/aromatic N) is 4. The van der Waals surface area contributed by atoms with Crippen molar-refractivity contribution in [2.45, 2.75) is 13.3 Å². The largest absolute Gasteiger partial charge is 0.480 e. The highest BCUT2D eigenvalue weighted by Gasteiger charge is 2.13. The van der Waals surface area contributed by atoms with E-state index >= 15 is 0 Å². The first-order chi connectivity index (χ1) is 13.9. The van der Waals surface area contributed by atoms with Crippen LogP contribution in [-0.2, 0) is 6.42 Å². The van der Waals surface area contributed by atoms with E-state index in [0.717, 1.165) is 4.47 Å². The minimum Gasteiger partial charge on any atom is -0.480 e. The molecule has 0 spiro atoms. The molecule has 0 unspecified atom stereocenters. The number of aryl methyl sites for hydroxylation is 1. The fourth-order valence-electron chi connectivity index (χ4n) is 2.66. The van der Waals surface area contributed by atoms with Gasteiger partial charge in [0.05, 0.1) is 22.0 Å². The smallest absolute Gasteiger partial charge is 0.282 e. The molecule has 0 N–H and O–H groups in total. The molecule has 8 nitrogen and oxygen atoms in total. The van der Waals surface area contributed by atoms with Crippen LogP contribution in [0.3, 0.4) is 0 Å². The van der Waals surface area contributed by atoms with Gasteiger partial charge < -0.3 is 4.74 Å². The zero-order valence-electron chi connectivity index (χ0n) is 15.3. The molecule has 0 radical (unpaired) electrons. The Morgan fingerprint density at radius 2 is 2.17 bits per heavy atom. The summed E-state index contributed by atoms with van der Waals surface area (Å²) in [4.78, 5) is 28.0. The lowest BCUT2D eigenvalue weighted by Crippen LogP contribution is -2.22. The fraction of sp³-hybridized carbons (Fsp3) is 0.150. The SMILES string of the molecule is C#CCOc1ccc([N+](=O)[O-])cc1C=Nn1c(CC)nc2ccc(Br)cc2c1=O. The monoisotopic (exact) mass is 454 g/mol.